The zero-order chi connectivity index (χ0) is 15.2. The Bertz CT molecular complexity index is 586. The SMILES string of the molecule is CCNC(C)c1ccc(Sc2ccc(OC)cc2)c(Br)c1. The van der Waals surface area contributed by atoms with Gasteiger partial charge in [0.15, 0.2) is 0 Å². The summed E-state index contributed by atoms with van der Waals surface area (Å²) in [6.07, 6.45) is 0. The first-order chi connectivity index (χ1) is 10.1. The molecule has 0 spiro atoms. The van der Waals surface area contributed by atoms with E-state index in [1.807, 2.05) is 12.1 Å². The van der Waals surface area contributed by atoms with Crippen molar-refractivity contribution in [3.8, 4) is 5.75 Å². The van der Waals surface area contributed by atoms with Crippen LogP contribution in [0.4, 0.5) is 0 Å². The van der Waals surface area contributed by atoms with Gasteiger partial charge in [0.1, 0.15) is 5.75 Å². The molecule has 112 valence electrons. The lowest BCUT2D eigenvalue weighted by molar-refractivity contribution is 0.414. The van der Waals surface area contributed by atoms with E-state index in [9.17, 15) is 0 Å². The lowest BCUT2D eigenvalue weighted by atomic mass is 10.1. The fourth-order valence-electron chi connectivity index (χ4n) is 2.06. The van der Waals surface area contributed by atoms with Crippen molar-refractivity contribution in [3.63, 3.8) is 0 Å². The van der Waals surface area contributed by atoms with E-state index >= 15 is 0 Å². The Morgan fingerprint density at radius 3 is 2.48 bits per heavy atom. The van der Waals surface area contributed by atoms with Gasteiger partial charge < -0.3 is 10.1 Å². The highest BCUT2D eigenvalue weighted by atomic mass is 79.9. The molecule has 0 heterocycles. The normalized spacial score (nSPS) is 12.2. The average molecular weight is 366 g/mol. The number of hydrogen-bond acceptors (Lipinski definition) is 3. The third kappa shape index (κ3) is 4.50. The lowest BCUT2D eigenvalue weighted by Crippen LogP contribution is -2.17. The maximum absolute atomic E-state index is 5.18. The summed E-state index contributed by atoms with van der Waals surface area (Å²) < 4.78 is 6.31. The fraction of sp³-hybridized carbons (Fsp3) is 0.294. The predicted molar refractivity (Wildman–Crippen MR) is 93.4 cm³/mol. The molecule has 2 nitrogen and oxygen atoms in total. The molecular formula is C17H20BrNOS. The summed E-state index contributed by atoms with van der Waals surface area (Å²) in [6, 6.07) is 15.0. The molecule has 0 radical (unpaired) electrons. The Morgan fingerprint density at radius 1 is 1.19 bits per heavy atom. The molecule has 2 aromatic carbocycles. The smallest absolute Gasteiger partial charge is 0.118 e. The second-order valence-electron chi connectivity index (χ2n) is 4.75. The molecule has 0 bridgehead atoms. The molecule has 0 saturated carbocycles. The van der Waals surface area contributed by atoms with Gasteiger partial charge in [-0.05, 0) is 71.4 Å². The van der Waals surface area contributed by atoms with Crippen molar-refractivity contribution in [2.24, 2.45) is 0 Å². The van der Waals surface area contributed by atoms with Gasteiger partial charge in [0.2, 0.25) is 0 Å². The van der Waals surface area contributed by atoms with E-state index in [0.29, 0.717) is 6.04 Å². The van der Waals surface area contributed by atoms with Gasteiger partial charge in [-0.2, -0.15) is 0 Å². The van der Waals surface area contributed by atoms with Gasteiger partial charge in [-0.3, -0.25) is 0 Å². The zero-order valence-corrected chi connectivity index (χ0v) is 14.9. The van der Waals surface area contributed by atoms with Crippen LogP contribution in [0.25, 0.3) is 0 Å². The second-order valence-corrected chi connectivity index (χ2v) is 6.72. The van der Waals surface area contributed by atoms with Crippen LogP contribution in [0.15, 0.2) is 56.7 Å². The van der Waals surface area contributed by atoms with Gasteiger partial charge in [0.05, 0.1) is 7.11 Å². The van der Waals surface area contributed by atoms with Gasteiger partial charge >= 0.3 is 0 Å². The van der Waals surface area contributed by atoms with E-state index < -0.39 is 0 Å². The molecule has 2 rings (SSSR count). The van der Waals surface area contributed by atoms with E-state index in [0.717, 1.165) is 16.8 Å². The number of nitrogens with one attached hydrogen (secondary N) is 1. The third-order valence-corrected chi connectivity index (χ3v) is 5.26. The molecule has 0 fully saturated rings. The molecule has 1 atom stereocenters. The number of hydrogen-bond donors (Lipinski definition) is 1. The molecule has 0 aliphatic carbocycles. The quantitative estimate of drug-likeness (QED) is 0.752. The Hall–Kier alpha value is -0.970. The molecule has 1 unspecified atom stereocenters. The first-order valence-electron chi connectivity index (χ1n) is 6.98. The van der Waals surface area contributed by atoms with Crippen LogP contribution in [0.1, 0.15) is 25.5 Å². The summed E-state index contributed by atoms with van der Waals surface area (Å²) in [5.41, 5.74) is 1.29. The second kappa shape index (κ2) is 7.87. The molecule has 2 aromatic rings. The van der Waals surface area contributed by atoms with E-state index in [2.05, 4.69) is 65.4 Å². The topological polar surface area (TPSA) is 21.3 Å². The van der Waals surface area contributed by atoms with Gasteiger partial charge in [-0.25, -0.2) is 0 Å². The number of halogens is 1. The molecule has 4 heteroatoms. The number of ether oxygens (including phenoxy) is 1. The van der Waals surface area contributed by atoms with Crippen molar-refractivity contribution in [1.29, 1.82) is 0 Å². The van der Waals surface area contributed by atoms with Crippen molar-refractivity contribution in [3.05, 3.63) is 52.5 Å². The van der Waals surface area contributed by atoms with Crippen LogP contribution in [0, 0.1) is 0 Å². The van der Waals surface area contributed by atoms with E-state index in [1.165, 1.54) is 15.4 Å². The van der Waals surface area contributed by atoms with Crippen LogP contribution in [0.2, 0.25) is 0 Å². The summed E-state index contributed by atoms with van der Waals surface area (Å²) in [5.74, 6) is 0.883. The van der Waals surface area contributed by atoms with E-state index in [1.54, 1.807) is 18.9 Å². The predicted octanol–water partition coefficient (Wildman–Crippen LogP) is 5.28. The summed E-state index contributed by atoms with van der Waals surface area (Å²) in [6.45, 7) is 5.28. The van der Waals surface area contributed by atoms with Crippen LogP contribution in [0.3, 0.4) is 0 Å². The van der Waals surface area contributed by atoms with Crippen molar-refractivity contribution in [2.75, 3.05) is 13.7 Å². The van der Waals surface area contributed by atoms with E-state index in [4.69, 9.17) is 4.74 Å². The van der Waals surface area contributed by atoms with Crippen molar-refractivity contribution < 1.29 is 4.74 Å². The largest absolute Gasteiger partial charge is 0.497 e. The lowest BCUT2D eigenvalue weighted by Gasteiger charge is -2.14. The number of rotatable bonds is 6. The number of methoxy groups -OCH3 is 1. The van der Waals surface area contributed by atoms with Crippen molar-refractivity contribution in [2.45, 2.75) is 29.7 Å². The minimum atomic E-state index is 0.367. The Balaban J connectivity index is 2.13. The molecule has 0 saturated heterocycles. The zero-order valence-electron chi connectivity index (χ0n) is 12.5. The Morgan fingerprint density at radius 2 is 1.90 bits per heavy atom. The average Bonchev–Trinajstić information content (AvgIpc) is 2.50. The van der Waals surface area contributed by atoms with Crippen LogP contribution in [-0.2, 0) is 0 Å². The minimum Gasteiger partial charge on any atom is -0.497 e. The first-order valence-corrected chi connectivity index (χ1v) is 8.59. The molecular weight excluding hydrogens is 346 g/mol. The highest BCUT2D eigenvalue weighted by Crippen LogP contribution is 2.35. The van der Waals surface area contributed by atoms with Gasteiger partial charge in [0.25, 0.3) is 0 Å². The maximum atomic E-state index is 5.18. The van der Waals surface area contributed by atoms with Gasteiger partial charge in [-0.1, -0.05) is 24.8 Å². The van der Waals surface area contributed by atoms with E-state index in [-0.39, 0.29) is 0 Å². The molecule has 0 aliphatic rings. The van der Waals surface area contributed by atoms with Crippen LogP contribution in [-0.4, -0.2) is 13.7 Å². The highest BCUT2D eigenvalue weighted by Gasteiger charge is 2.08. The standard InChI is InChI=1S/C17H20BrNOS/c1-4-19-12(2)13-5-10-17(16(18)11-13)21-15-8-6-14(20-3)7-9-15/h5-12,19H,4H2,1-3H3. The first kappa shape index (κ1) is 16.4. The summed E-state index contributed by atoms with van der Waals surface area (Å²) in [7, 11) is 1.68. The Kier molecular flexibility index (Phi) is 6.15. The fourth-order valence-corrected chi connectivity index (χ4v) is 3.52. The molecule has 0 aliphatic heterocycles. The Labute approximate surface area is 139 Å². The molecule has 1 N–H and O–H groups in total. The monoisotopic (exact) mass is 365 g/mol. The maximum Gasteiger partial charge on any atom is 0.118 e. The number of benzene rings is 2. The van der Waals surface area contributed by atoms with Crippen LogP contribution < -0.4 is 10.1 Å². The van der Waals surface area contributed by atoms with Crippen molar-refractivity contribution in [1.82, 2.24) is 5.32 Å². The third-order valence-electron chi connectivity index (χ3n) is 3.25. The molecule has 21 heavy (non-hydrogen) atoms. The minimum absolute atomic E-state index is 0.367. The van der Waals surface area contributed by atoms with Crippen LogP contribution in [0.5, 0.6) is 5.75 Å². The molecule has 0 aromatic heterocycles. The summed E-state index contributed by atoms with van der Waals surface area (Å²) in [5, 5.41) is 3.43. The highest BCUT2D eigenvalue weighted by molar-refractivity contribution is 9.10. The van der Waals surface area contributed by atoms with Gasteiger partial charge in [-0.15, -0.1) is 0 Å². The summed E-state index contributed by atoms with van der Waals surface area (Å²) >= 11 is 5.42. The van der Waals surface area contributed by atoms with Crippen LogP contribution >= 0.6 is 27.7 Å². The summed E-state index contributed by atoms with van der Waals surface area (Å²) in [4.78, 5) is 2.41. The van der Waals surface area contributed by atoms with Gasteiger partial charge in [0, 0.05) is 20.3 Å². The van der Waals surface area contributed by atoms with Crippen molar-refractivity contribution >= 4 is 27.7 Å². The molecule has 0 amide bonds.